The van der Waals surface area contributed by atoms with Gasteiger partial charge in [-0.3, -0.25) is 0 Å². The second kappa shape index (κ2) is 5.01. The molecular weight excluding hydrogens is 247 g/mol. The van der Waals surface area contributed by atoms with Crippen molar-refractivity contribution in [2.24, 2.45) is 0 Å². The Labute approximate surface area is 121 Å². The SMILES string of the molecule is CC1(P(C2(C)CCCC2)C2(C)CCCC2)CCCC1. The highest BCUT2D eigenvalue weighted by Crippen LogP contribution is 2.77. The van der Waals surface area contributed by atoms with E-state index >= 15 is 0 Å². The third-order valence-electron chi connectivity index (χ3n) is 6.66. The Bertz CT molecular complexity index is 262. The summed E-state index contributed by atoms with van der Waals surface area (Å²) in [4.78, 5) is 0. The third-order valence-corrected chi connectivity index (χ3v) is 11.2. The predicted octanol–water partition coefficient (Wildman–Crippen LogP) is 6.47. The number of hydrogen-bond acceptors (Lipinski definition) is 0. The molecule has 0 aromatic rings. The highest BCUT2D eigenvalue weighted by molar-refractivity contribution is 7.62. The predicted molar refractivity (Wildman–Crippen MR) is 87.5 cm³/mol. The van der Waals surface area contributed by atoms with Gasteiger partial charge in [-0.1, -0.05) is 67.2 Å². The molecule has 0 saturated heterocycles. The lowest BCUT2D eigenvalue weighted by atomic mass is 10.1. The van der Waals surface area contributed by atoms with Gasteiger partial charge in [0, 0.05) is 0 Å². The Balaban J connectivity index is 1.95. The van der Waals surface area contributed by atoms with Gasteiger partial charge in [-0.2, -0.15) is 0 Å². The van der Waals surface area contributed by atoms with Crippen molar-refractivity contribution in [1.29, 1.82) is 0 Å². The topological polar surface area (TPSA) is 0 Å². The average molecular weight is 280 g/mol. The van der Waals surface area contributed by atoms with Crippen molar-refractivity contribution >= 4 is 7.92 Å². The molecule has 110 valence electrons. The first-order chi connectivity index (χ1) is 8.99. The van der Waals surface area contributed by atoms with E-state index in [2.05, 4.69) is 20.8 Å². The number of hydrogen-bond donors (Lipinski definition) is 0. The van der Waals surface area contributed by atoms with Crippen LogP contribution in [-0.2, 0) is 0 Å². The largest absolute Gasteiger partial charge is 0.0884 e. The fraction of sp³-hybridized carbons (Fsp3) is 1.00. The molecule has 0 unspecified atom stereocenters. The Kier molecular flexibility index (Phi) is 3.79. The van der Waals surface area contributed by atoms with Gasteiger partial charge in [0.2, 0.25) is 0 Å². The molecule has 0 atom stereocenters. The molecule has 0 aliphatic heterocycles. The summed E-state index contributed by atoms with van der Waals surface area (Å²) in [7, 11) is 0.190. The molecule has 3 rings (SSSR count). The van der Waals surface area contributed by atoms with Crippen molar-refractivity contribution in [3.63, 3.8) is 0 Å². The van der Waals surface area contributed by atoms with Crippen molar-refractivity contribution in [3.05, 3.63) is 0 Å². The highest BCUT2D eigenvalue weighted by atomic mass is 31.1. The first-order valence-electron chi connectivity index (χ1n) is 8.79. The molecule has 0 heterocycles. The molecule has 19 heavy (non-hydrogen) atoms. The van der Waals surface area contributed by atoms with E-state index in [0.717, 1.165) is 15.5 Å². The molecule has 3 saturated carbocycles. The van der Waals surface area contributed by atoms with Gasteiger partial charge in [0.25, 0.3) is 0 Å². The van der Waals surface area contributed by atoms with Crippen molar-refractivity contribution in [3.8, 4) is 0 Å². The minimum atomic E-state index is 0.190. The quantitative estimate of drug-likeness (QED) is 0.520. The maximum Gasteiger partial charge on any atom is -0.0113 e. The number of rotatable bonds is 3. The monoisotopic (exact) mass is 280 g/mol. The molecule has 0 aromatic carbocycles. The van der Waals surface area contributed by atoms with E-state index in [9.17, 15) is 0 Å². The molecule has 0 spiro atoms. The molecule has 0 N–H and O–H groups in total. The van der Waals surface area contributed by atoms with Crippen LogP contribution >= 0.6 is 7.92 Å². The minimum Gasteiger partial charge on any atom is -0.0884 e. The van der Waals surface area contributed by atoms with Crippen LogP contribution in [0.3, 0.4) is 0 Å². The minimum absolute atomic E-state index is 0.190. The van der Waals surface area contributed by atoms with Crippen LogP contribution in [0.25, 0.3) is 0 Å². The highest BCUT2D eigenvalue weighted by Gasteiger charge is 2.55. The van der Waals surface area contributed by atoms with Gasteiger partial charge in [-0.05, 0) is 54.0 Å². The lowest BCUT2D eigenvalue weighted by Crippen LogP contribution is -2.40. The van der Waals surface area contributed by atoms with Crippen LogP contribution in [0, 0.1) is 0 Å². The van der Waals surface area contributed by atoms with Crippen LogP contribution < -0.4 is 0 Å². The van der Waals surface area contributed by atoms with Crippen molar-refractivity contribution < 1.29 is 0 Å². The van der Waals surface area contributed by atoms with Crippen molar-refractivity contribution in [2.45, 2.75) is 113 Å². The van der Waals surface area contributed by atoms with Gasteiger partial charge in [0.05, 0.1) is 0 Å². The van der Waals surface area contributed by atoms with Crippen LogP contribution in [0.2, 0.25) is 0 Å². The standard InChI is InChI=1S/C18H33P/c1-16(10-4-5-11-16)19(17(2)12-6-7-13-17)18(3)14-8-9-15-18/h4-15H2,1-3H3. The Morgan fingerprint density at radius 3 is 0.895 bits per heavy atom. The van der Waals surface area contributed by atoms with Crippen LogP contribution in [0.1, 0.15) is 97.8 Å². The average Bonchev–Trinajstić information content (AvgIpc) is 3.03. The van der Waals surface area contributed by atoms with E-state index < -0.39 is 0 Å². The summed E-state index contributed by atoms with van der Waals surface area (Å²) >= 11 is 0. The molecule has 0 aromatic heterocycles. The molecule has 3 aliphatic carbocycles. The van der Waals surface area contributed by atoms with E-state index in [0.29, 0.717) is 0 Å². The molecule has 0 amide bonds. The zero-order valence-corrected chi connectivity index (χ0v) is 14.3. The lowest BCUT2D eigenvalue weighted by molar-refractivity contribution is 0.533. The summed E-state index contributed by atoms with van der Waals surface area (Å²) in [6.45, 7) is 8.08. The first-order valence-corrected chi connectivity index (χ1v) is 10.1. The van der Waals surface area contributed by atoms with E-state index in [1.807, 2.05) is 0 Å². The van der Waals surface area contributed by atoms with Gasteiger partial charge in [-0.25, -0.2) is 0 Å². The smallest absolute Gasteiger partial charge is 0.0113 e. The Hall–Kier alpha value is 0.430. The molecule has 0 nitrogen and oxygen atoms in total. The van der Waals surface area contributed by atoms with E-state index in [4.69, 9.17) is 0 Å². The first kappa shape index (κ1) is 14.4. The maximum absolute atomic E-state index is 2.69. The maximum atomic E-state index is 2.69. The van der Waals surface area contributed by atoms with Crippen LogP contribution in [-0.4, -0.2) is 15.5 Å². The van der Waals surface area contributed by atoms with Gasteiger partial charge in [-0.15, -0.1) is 0 Å². The van der Waals surface area contributed by atoms with Gasteiger partial charge in [0.1, 0.15) is 0 Å². The van der Waals surface area contributed by atoms with Crippen LogP contribution in [0.5, 0.6) is 0 Å². The summed E-state index contributed by atoms with van der Waals surface area (Å²) in [6, 6.07) is 0. The van der Waals surface area contributed by atoms with Gasteiger partial charge in [0.15, 0.2) is 0 Å². The lowest BCUT2D eigenvalue weighted by Gasteiger charge is -2.54. The van der Waals surface area contributed by atoms with Gasteiger partial charge >= 0.3 is 0 Å². The zero-order chi connectivity index (χ0) is 13.6. The summed E-state index contributed by atoms with van der Waals surface area (Å²) < 4.78 is 0. The van der Waals surface area contributed by atoms with Crippen LogP contribution in [0.15, 0.2) is 0 Å². The summed E-state index contributed by atoms with van der Waals surface area (Å²) in [5.41, 5.74) is 0. The fourth-order valence-corrected chi connectivity index (χ4v) is 12.2. The van der Waals surface area contributed by atoms with E-state index in [1.165, 1.54) is 38.5 Å². The third kappa shape index (κ3) is 2.41. The normalized spacial score (nSPS) is 32.2. The van der Waals surface area contributed by atoms with Crippen molar-refractivity contribution in [2.75, 3.05) is 0 Å². The molecular formula is C18H33P. The molecule has 3 aliphatic rings. The van der Waals surface area contributed by atoms with E-state index in [-0.39, 0.29) is 7.92 Å². The molecule has 3 fully saturated rings. The van der Waals surface area contributed by atoms with E-state index in [1.54, 1.807) is 38.5 Å². The molecule has 1 heteroatoms. The summed E-state index contributed by atoms with van der Waals surface area (Å²) in [6.07, 6.45) is 18.4. The Morgan fingerprint density at radius 2 is 0.684 bits per heavy atom. The van der Waals surface area contributed by atoms with Gasteiger partial charge < -0.3 is 0 Å². The summed E-state index contributed by atoms with van der Waals surface area (Å²) in [5, 5.41) is 2.19. The second-order valence-corrected chi connectivity index (χ2v) is 12.4. The summed E-state index contributed by atoms with van der Waals surface area (Å²) in [5.74, 6) is 0. The second-order valence-electron chi connectivity index (χ2n) is 8.45. The Morgan fingerprint density at radius 1 is 0.474 bits per heavy atom. The van der Waals surface area contributed by atoms with Crippen LogP contribution in [0.4, 0.5) is 0 Å². The molecule has 0 bridgehead atoms. The zero-order valence-electron chi connectivity index (χ0n) is 13.4. The van der Waals surface area contributed by atoms with Crippen molar-refractivity contribution in [1.82, 2.24) is 0 Å². The fourth-order valence-electron chi connectivity index (χ4n) is 6.04. The molecule has 0 radical (unpaired) electrons.